The lowest BCUT2D eigenvalue weighted by molar-refractivity contribution is -0.107. The van der Waals surface area contributed by atoms with Gasteiger partial charge in [0.1, 0.15) is 0 Å². The van der Waals surface area contributed by atoms with Crippen LogP contribution in [0.5, 0.6) is 5.75 Å². The molecule has 30 heavy (non-hydrogen) atoms. The fourth-order valence-corrected chi connectivity index (χ4v) is 2.98. The number of methoxy groups -OCH3 is 1. The maximum absolute atomic E-state index is 14.3. The summed E-state index contributed by atoms with van der Waals surface area (Å²) >= 11 is 0. The number of carbonyl (C=O) groups is 1. The second-order valence-corrected chi connectivity index (χ2v) is 6.50. The zero-order chi connectivity index (χ0) is 21.9. The van der Waals surface area contributed by atoms with Gasteiger partial charge in [-0.1, -0.05) is 38.1 Å². The predicted molar refractivity (Wildman–Crippen MR) is 118 cm³/mol. The number of hydrogen-bond donors (Lipinski definition) is 1. The SMILES string of the molecule is CC.COc1cccc(CN(C)CCN(C=O)c2ccc(-c3cn[nH]c3)cc2)c1F. The number of likely N-dealkylation sites (N-methyl/N-ethyl adjacent to an activating group) is 1. The van der Waals surface area contributed by atoms with Crippen LogP contribution in [0.15, 0.2) is 54.9 Å². The number of hydrogen-bond acceptors (Lipinski definition) is 4. The van der Waals surface area contributed by atoms with Crippen molar-refractivity contribution in [2.24, 2.45) is 0 Å². The van der Waals surface area contributed by atoms with Crippen molar-refractivity contribution >= 4 is 12.1 Å². The Bertz CT molecular complexity index is 898. The van der Waals surface area contributed by atoms with Gasteiger partial charge in [-0.25, -0.2) is 4.39 Å². The van der Waals surface area contributed by atoms with Crippen molar-refractivity contribution < 1.29 is 13.9 Å². The average molecular weight is 413 g/mol. The summed E-state index contributed by atoms with van der Waals surface area (Å²) in [6, 6.07) is 12.8. The van der Waals surface area contributed by atoms with Crippen molar-refractivity contribution in [3.63, 3.8) is 0 Å². The topological polar surface area (TPSA) is 61.5 Å². The third kappa shape index (κ3) is 5.90. The van der Waals surface area contributed by atoms with Crippen LogP contribution >= 0.6 is 0 Å². The third-order valence-electron chi connectivity index (χ3n) is 4.58. The van der Waals surface area contributed by atoms with E-state index in [1.165, 1.54) is 7.11 Å². The summed E-state index contributed by atoms with van der Waals surface area (Å²) in [5, 5.41) is 6.72. The van der Waals surface area contributed by atoms with Crippen molar-refractivity contribution in [2.75, 3.05) is 32.1 Å². The van der Waals surface area contributed by atoms with Crippen LogP contribution in [-0.4, -0.2) is 48.8 Å². The number of aromatic nitrogens is 2. The standard InChI is InChI=1S/C21H23FN4O2.C2H6/c1-25(14-17-4-3-5-20(28-2)21(17)22)10-11-26(15-27)19-8-6-16(7-9-19)18-12-23-24-13-18;1-2/h3-9,12-13,15H,10-11,14H2,1-2H3,(H,23,24);1-2H3. The normalized spacial score (nSPS) is 10.3. The first-order chi connectivity index (χ1) is 14.6. The molecule has 1 amide bonds. The number of halogens is 1. The van der Waals surface area contributed by atoms with Crippen molar-refractivity contribution in [1.29, 1.82) is 0 Å². The van der Waals surface area contributed by atoms with Crippen molar-refractivity contribution in [1.82, 2.24) is 15.1 Å². The number of H-pyrrole nitrogens is 1. The van der Waals surface area contributed by atoms with Crippen molar-refractivity contribution in [3.8, 4) is 16.9 Å². The minimum absolute atomic E-state index is 0.234. The van der Waals surface area contributed by atoms with Crippen LogP contribution in [0, 0.1) is 5.82 Å². The quantitative estimate of drug-likeness (QED) is 0.531. The predicted octanol–water partition coefficient (Wildman–Crippen LogP) is 4.35. The van der Waals surface area contributed by atoms with E-state index >= 15 is 0 Å². The van der Waals surface area contributed by atoms with Gasteiger partial charge in [-0.05, 0) is 30.8 Å². The van der Waals surface area contributed by atoms with Gasteiger partial charge in [-0.15, -0.1) is 0 Å². The summed E-state index contributed by atoms with van der Waals surface area (Å²) in [7, 11) is 3.34. The maximum Gasteiger partial charge on any atom is 0.214 e. The molecule has 0 bridgehead atoms. The Balaban J connectivity index is 0.00000155. The van der Waals surface area contributed by atoms with Gasteiger partial charge >= 0.3 is 0 Å². The maximum atomic E-state index is 14.3. The number of carbonyl (C=O) groups excluding carboxylic acids is 1. The molecule has 1 aromatic heterocycles. The first-order valence-electron chi connectivity index (χ1n) is 9.93. The zero-order valence-corrected chi connectivity index (χ0v) is 17.9. The molecule has 160 valence electrons. The smallest absolute Gasteiger partial charge is 0.214 e. The highest BCUT2D eigenvalue weighted by Gasteiger charge is 2.12. The van der Waals surface area contributed by atoms with Crippen LogP contribution in [0.1, 0.15) is 19.4 Å². The number of ether oxygens (including phenoxy) is 1. The minimum Gasteiger partial charge on any atom is -0.494 e. The molecule has 1 N–H and O–H groups in total. The Morgan fingerprint density at radius 1 is 1.10 bits per heavy atom. The van der Waals surface area contributed by atoms with Crippen LogP contribution < -0.4 is 9.64 Å². The molecular weight excluding hydrogens is 383 g/mol. The van der Waals surface area contributed by atoms with E-state index < -0.39 is 0 Å². The summed E-state index contributed by atoms with van der Waals surface area (Å²) in [4.78, 5) is 15.1. The van der Waals surface area contributed by atoms with E-state index in [0.29, 0.717) is 25.2 Å². The van der Waals surface area contributed by atoms with Crippen LogP contribution in [0.25, 0.3) is 11.1 Å². The van der Waals surface area contributed by atoms with Gasteiger partial charge in [0, 0.05) is 42.6 Å². The molecule has 0 saturated heterocycles. The number of anilines is 1. The summed E-state index contributed by atoms with van der Waals surface area (Å²) in [6.45, 7) is 5.52. The Morgan fingerprint density at radius 3 is 2.43 bits per heavy atom. The highest BCUT2D eigenvalue weighted by atomic mass is 19.1. The van der Waals surface area contributed by atoms with Gasteiger partial charge in [0.2, 0.25) is 6.41 Å². The molecule has 0 spiro atoms. The number of nitrogens with one attached hydrogen (secondary N) is 1. The summed E-state index contributed by atoms with van der Waals surface area (Å²) in [5.41, 5.74) is 3.38. The number of amides is 1. The van der Waals surface area contributed by atoms with E-state index in [1.54, 1.807) is 29.3 Å². The summed E-state index contributed by atoms with van der Waals surface area (Å²) in [5.74, 6) is -0.114. The summed E-state index contributed by atoms with van der Waals surface area (Å²) < 4.78 is 19.3. The van der Waals surface area contributed by atoms with E-state index in [0.717, 1.165) is 23.2 Å². The van der Waals surface area contributed by atoms with Gasteiger partial charge in [-0.2, -0.15) is 5.10 Å². The number of aromatic amines is 1. The van der Waals surface area contributed by atoms with Crippen molar-refractivity contribution in [3.05, 3.63) is 66.2 Å². The first-order valence-corrected chi connectivity index (χ1v) is 9.93. The van der Waals surface area contributed by atoms with E-state index in [-0.39, 0.29) is 11.6 Å². The number of rotatable bonds is 9. The Hall–Kier alpha value is -3.19. The lowest BCUT2D eigenvalue weighted by Gasteiger charge is -2.23. The Kier molecular flexibility index (Phi) is 9.03. The van der Waals surface area contributed by atoms with E-state index in [9.17, 15) is 9.18 Å². The number of nitrogens with zero attached hydrogens (tertiary/aromatic N) is 3. The molecule has 0 saturated carbocycles. The second kappa shape index (κ2) is 11.7. The highest BCUT2D eigenvalue weighted by molar-refractivity contribution is 5.76. The van der Waals surface area contributed by atoms with Gasteiger partial charge in [0.25, 0.3) is 0 Å². The zero-order valence-electron chi connectivity index (χ0n) is 17.9. The molecule has 3 rings (SSSR count). The van der Waals surface area contributed by atoms with Crippen LogP contribution in [0.3, 0.4) is 0 Å². The highest BCUT2D eigenvalue weighted by Crippen LogP contribution is 2.23. The van der Waals surface area contributed by atoms with E-state index in [2.05, 4.69) is 10.2 Å². The Morgan fingerprint density at radius 2 is 1.83 bits per heavy atom. The van der Waals surface area contributed by atoms with Gasteiger partial charge in [0.05, 0.1) is 13.3 Å². The van der Waals surface area contributed by atoms with Gasteiger partial charge < -0.3 is 14.5 Å². The third-order valence-corrected chi connectivity index (χ3v) is 4.58. The molecule has 0 atom stereocenters. The van der Waals surface area contributed by atoms with Crippen LogP contribution in [0.2, 0.25) is 0 Å². The fraction of sp³-hybridized carbons (Fsp3) is 0.304. The number of benzene rings is 2. The molecule has 0 aliphatic carbocycles. The largest absolute Gasteiger partial charge is 0.494 e. The molecule has 0 unspecified atom stereocenters. The van der Waals surface area contributed by atoms with Crippen LogP contribution in [0.4, 0.5) is 10.1 Å². The molecule has 2 aromatic carbocycles. The second-order valence-electron chi connectivity index (χ2n) is 6.50. The molecule has 0 aliphatic heterocycles. The molecular formula is C23H29FN4O2. The van der Waals surface area contributed by atoms with Gasteiger partial charge in [0.15, 0.2) is 11.6 Å². The lowest BCUT2D eigenvalue weighted by atomic mass is 10.1. The van der Waals surface area contributed by atoms with Crippen molar-refractivity contribution in [2.45, 2.75) is 20.4 Å². The molecule has 7 heteroatoms. The molecule has 0 fully saturated rings. The molecule has 1 heterocycles. The molecule has 0 aliphatic rings. The van der Waals surface area contributed by atoms with Gasteiger partial charge in [-0.3, -0.25) is 9.89 Å². The van der Waals surface area contributed by atoms with E-state index in [1.807, 2.05) is 56.3 Å². The Labute approximate surface area is 177 Å². The molecule has 6 nitrogen and oxygen atoms in total. The molecule has 3 aromatic rings. The van der Waals surface area contributed by atoms with Crippen LogP contribution in [-0.2, 0) is 11.3 Å². The minimum atomic E-state index is -0.348. The summed E-state index contributed by atoms with van der Waals surface area (Å²) in [6.07, 6.45) is 4.38. The fourth-order valence-electron chi connectivity index (χ4n) is 2.98. The first kappa shape index (κ1) is 23.1. The molecule has 0 radical (unpaired) electrons. The monoisotopic (exact) mass is 412 g/mol. The average Bonchev–Trinajstić information content (AvgIpc) is 3.32. The lowest BCUT2D eigenvalue weighted by Crippen LogP contribution is -2.32. The van der Waals surface area contributed by atoms with E-state index in [4.69, 9.17) is 4.74 Å².